The molecule has 5 heteroatoms. The second-order valence-electron chi connectivity index (χ2n) is 5.43. The van der Waals surface area contributed by atoms with Crippen LogP contribution in [0, 0.1) is 0 Å². The minimum Gasteiger partial charge on any atom is -0.483 e. The van der Waals surface area contributed by atoms with E-state index >= 15 is 0 Å². The smallest absolute Gasteiger partial charge is 0.258 e. The quantitative estimate of drug-likeness (QED) is 0.892. The number of amides is 1. The van der Waals surface area contributed by atoms with E-state index in [1.54, 1.807) is 6.07 Å². The fourth-order valence-corrected chi connectivity index (χ4v) is 2.82. The van der Waals surface area contributed by atoms with Gasteiger partial charge in [-0.15, -0.1) is 0 Å². The van der Waals surface area contributed by atoms with Gasteiger partial charge in [0.2, 0.25) is 0 Å². The molecule has 0 saturated carbocycles. The van der Waals surface area contributed by atoms with Crippen LogP contribution in [0.5, 0.6) is 5.75 Å². The number of rotatable bonds is 5. The Morgan fingerprint density at radius 3 is 3.10 bits per heavy atom. The molecule has 112 valence electrons. The maximum Gasteiger partial charge on any atom is 0.258 e. The number of carbonyl (C=O) groups is 2. The lowest BCUT2D eigenvalue weighted by molar-refractivity contribution is -0.123. The van der Waals surface area contributed by atoms with Crippen molar-refractivity contribution in [3.8, 4) is 5.75 Å². The van der Waals surface area contributed by atoms with Crippen LogP contribution in [-0.4, -0.2) is 37.6 Å². The Morgan fingerprint density at radius 2 is 2.29 bits per heavy atom. The number of ketones is 1. The van der Waals surface area contributed by atoms with Gasteiger partial charge >= 0.3 is 0 Å². The first kappa shape index (κ1) is 14.1. The Balaban J connectivity index is 1.51. The lowest BCUT2D eigenvalue weighted by Crippen LogP contribution is -2.35. The molecule has 1 aromatic carbocycles. The molecule has 1 fully saturated rings. The van der Waals surface area contributed by atoms with Crippen LogP contribution in [0.15, 0.2) is 18.2 Å². The van der Waals surface area contributed by atoms with Crippen molar-refractivity contribution >= 4 is 11.7 Å². The molecular weight excluding hydrogens is 270 g/mol. The molecule has 1 aliphatic carbocycles. The number of fused-ring (bicyclic) bond motifs is 1. The van der Waals surface area contributed by atoms with Crippen molar-refractivity contribution in [2.24, 2.45) is 0 Å². The third-order valence-corrected chi connectivity index (χ3v) is 3.95. The third kappa shape index (κ3) is 3.24. The van der Waals surface area contributed by atoms with Crippen molar-refractivity contribution in [3.05, 3.63) is 29.3 Å². The van der Waals surface area contributed by atoms with Crippen molar-refractivity contribution in [2.75, 3.05) is 19.8 Å². The summed E-state index contributed by atoms with van der Waals surface area (Å²) >= 11 is 0. The third-order valence-electron chi connectivity index (χ3n) is 3.95. The van der Waals surface area contributed by atoms with Crippen LogP contribution < -0.4 is 10.1 Å². The van der Waals surface area contributed by atoms with Gasteiger partial charge in [-0.3, -0.25) is 9.59 Å². The normalized spacial score (nSPS) is 20.4. The van der Waals surface area contributed by atoms with Gasteiger partial charge in [-0.25, -0.2) is 0 Å². The highest BCUT2D eigenvalue weighted by Gasteiger charge is 2.23. The average molecular weight is 289 g/mol. The molecule has 1 amide bonds. The molecule has 21 heavy (non-hydrogen) atoms. The van der Waals surface area contributed by atoms with Crippen molar-refractivity contribution in [2.45, 2.75) is 31.8 Å². The Kier molecular flexibility index (Phi) is 4.20. The zero-order chi connectivity index (χ0) is 14.7. The van der Waals surface area contributed by atoms with Crippen LogP contribution in [0.1, 0.15) is 35.2 Å². The predicted octanol–water partition coefficient (Wildman–Crippen LogP) is 1.49. The van der Waals surface area contributed by atoms with Gasteiger partial charge in [0.15, 0.2) is 12.4 Å². The Morgan fingerprint density at radius 1 is 1.38 bits per heavy atom. The number of benzene rings is 1. The van der Waals surface area contributed by atoms with Gasteiger partial charge in [-0.2, -0.15) is 0 Å². The molecule has 1 aromatic rings. The molecule has 0 aromatic heterocycles. The number of carbonyl (C=O) groups excluding carboxylic acids is 2. The Bertz CT molecular complexity index is 549. The SMILES string of the molecule is O=C(COc1cccc2c1CCC2=O)NCC1CCCO1. The Hall–Kier alpha value is -1.88. The molecule has 1 unspecified atom stereocenters. The van der Waals surface area contributed by atoms with Crippen LogP contribution >= 0.6 is 0 Å². The summed E-state index contributed by atoms with van der Waals surface area (Å²) in [5.41, 5.74) is 1.65. The molecule has 3 rings (SSSR count). The van der Waals surface area contributed by atoms with Crippen LogP contribution in [0.25, 0.3) is 0 Å². The van der Waals surface area contributed by atoms with Gasteiger partial charge < -0.3 is 14.8 Å². The molecule has 0 bridgehead atoms. The standard InChI is InChI=1S/C16H19NO4/c18-14-7-6-13-12(14)4-1-5-15(13)21-10-16(19)17-9-11-3-2-8-20-11/h1,4-5,11H,2-3,6-10H2,(H,17,19). The zero-order valence-corrected chi connectivity index (χ0v) is 11.9. The van der Waals surface area contributed by atoms with Crippen LogP contribution in [0.2, 0.25) is 0 Å². The van der Waals surface area contributed by atoms with E-state index < -0.39 is 0 Å². The minimum atomic E-state index is -0.160. The first-order valence-electron chi connectivity index (χ1n) is 7.40. The summed E-state index contributed by atoms with van der Waals surface area (Å²) in [6.07, 6.45) is 3.41. The summed E-state index contributed by atoms with van der Waals surface area (Å²) in [4.78, 5) is 23.4. The first-order chi connectivity index (χ1) is 10.2. The number of hydrogen-bond donors (Lipinski definition) is 1. The van der Waals surface area contributed by atoms with Crippen molar-refractivity contribution in [1.29, 1.82) is 0 Å². The Labute approximate surface area is 123 Å². The van der Waals surface area contributed by atoms with Crippen molar-refractivity contribution in [3.63, 3.8) is 0 Å². The highest BCUT2D eigenvalue weighted by Crippen LogP contribution is 2.30. The lowest BCUT2D eigenvalue weighted by Gasteiger charge is -2.12. The summed E-state index contributed by atoms with van der Waals surface area (Å²) in [6.45, 7) is 1.28. The zero-order valence-electron chi connectivity index (χ0n) is 11.9. The molecule has 1 aliphatic heterocycles. The second kappa shape index (κ2) is 6.26. The summed E-state index contributed by atoms with van der Waals surface area (Å²) < 4.78 is 11.0. The topological polar surface area (TPSA) is 64.6 Å². The van der Waals surface area contributed by atoms with Crippen LogP contribution in [0.3, 0.4) is 0 Å². The predicted molar refractivity (Wildman–Crippen MR) is 76.6 cm³/mol. The molecular formula is C16H19NO4. The molecule has 0 radical (unpaired) electrons. The molecule has 2 aliphatic rings. The molecule has 5 nitrogen and oxygen atoms in total. The molecule has 1 heterocycles. The fourth-order valence-electron chi connectivity index (χ4n) is 2.82. The number of ether oxygens (including phenoxy) is 2. The number of hydrogen-bond acceptors (Lipinski definition) is 4. The summed E-state index contributed by atoms with van der Waals surface area (Å²) in [7, 11) is 0. The van der Waals surface area contributed by atoms with Crippen LogP contribution in [-0.2, 0) is 16.0 Å². The van der Waals surface area contributed by atoms with Gasteiger partial charge in [0.25, 0.3) is 5.91 Å². The molecule has 1 atom stereocenters. The van der Waals surface area contributed by atoms with E-state index in [4.69, 9.17) is 9.47 Å². The van der Waals surface area contributed by atoms with E-state index in [-0.39, 0.29) is 24.4 Å². The summed E-state index contributed by atoms with van der Waals surface area (Å²) in [5.74, 6) is 0.635. The highest BCUT2D eigenvalue weighted by atomic mass is 16.5. The van der Waals surface area contributed by atoms with Gasteiger partial charge in [0, 0.05) is 30.7 Å². The fraction of sp³-hybridized carbons (Fsp3) is 0.500. The largest absolute Gasteiger partial charge is 0.483 e. The minimum absolute atomic E-state index is 0.0304. The summed E-state index contributed by atoms with van der Waals surface area (Å²) in [6, 6.07) is 5.42. The van der Waals surface area contributed by atoms with Gasteiger partial charge in [0.05, 0.1) is 6.10 Å². The van der Waals surface area contributed by atoms with E-state index in [2.05, 4.69) is 5.32 Å². The maximum absolute atomic E-state index is 11.8. The number of nitrogens with one attached hydrogen (secondary N) is 1. The van der Waals surface area contributed by atoms with E-state index in [1.807, 2.05) is 12.1 Å². The first-order valence-corrected chi connectivity index (χ1v) is 7.40. The summed E-state index contributed by atoms with van der Waals surface area (Å²) in [5, 5.41) is 2.82. The maximum atomic E-state index is 11.8. The van der Waals surface area contributed by atoms with Crippen molar-refractivity contribution < 1.29 is 19.1 Å². The second-order valence-corrected chi connectivity index (χ2v) is 5.43. The van der Waals surface area contributed by atoms with E-state index in [0.717, 1.165) is 30.6 Å². The van der Waals surface area contributed by atoms with E-state index in [1.165, 1.54) is 0 Å². The van der Waals surface area contributed by atoms with Crippen molar-refractivity contribution in [1.82, 2.24) is 5.32 Å². The number of Topliss-reactive ketones (excluding diaryl/α,β-unsaturated/α-hetero) is 1. The van der Waals surface area contributed by atoms with E-state index in [0.29, 0.717) is 25.1 Å². The highest BCUT2D eigenvalue weighted by molar-refractivity contribution is 6.01. The van der Waals surface area contributed by atoms with E-state index in [9.17, 15) is 9.59 Å². The molecule has 1 N–H and O–H groups in total. The van der Waals surface area contributed by atoms with Gasteiger partial charge in [0.1, 0.15) is 5.75 Å². The molecule has 0 spiro atoms. The van der Waals surface area contributed by atoms with Gasteiger partial charge in [-0.05, 0) is 25.3 Å². The van der Waals surface area contributed by atoms with Crippen LogP contribution in [0.4, 0.5) is 0 Å². The molecule has 1 saturated heterocycles. The lowest BCUT2D eigenvalue weighted by atomic mass is 10.1. The monoisotopic (exact) mass is 289 g/mol. The van der Waals surface area contributed by atoms with Gasteiger partial charge in [-0.1, -0.05) is 12.1 Å². The average Bonchev–Trinajstić information content (AvgIpc) is 3.13.